The van der Waals surface area contributed by atoms with Crippen LogP contribution in [0.4, 0.5) is 5.69 Å². The smallest absolute Gasteiger partial charge is 0.269 e. The van der Waals surface area contributed by atoms with Gasteiger partial charge in [0.2, 0.25) is 0 Å². The molecule has 22 heavy (non-hydrogen) atoms. The molecule has 1 aliphatic rings. The van der Waals surface area contributed by atoms with Gasteiger partial charge in [-0.15, -0.1) is 0 Å². The van der Waals surface area contributed by atoms with Gasteiger partial charge in [-0.3, -0.25) is 9.78 Å². The number of carbonyl (C=O) groups is 1. The molecule has 120 valence electrons. The Morgan fingerprint density at radius 2 is 2.14 bits per heavy atom. The Labute approximate surface area is 133 Å². The van der Waals surface area contributed by atoms with Gasteiger partial charge in [0.15, 0.2) is 0 Å². The highest BCUT2D eigenvalue weighted by atomic mass is 16.1. The Hall–Kier alpha value is -1.84. The van der Waals surface area contributed by atoms with E-state index < -0.39 is 0 Å². The Bertz CT molecular complexity index is 521. The maximum absolute atomic E-state index is 12.2. The number of aromatic nitrogens is 1. The summed E-state index contributed by atoms with van der Waals surface area (Å²) in [5.74, 6) is -0.0783. The van der Waals surface area contributed by atoms with Gasteiger partial charge in [0, 0.05) is 31.5 Å². The molecule has 0 saturated carbocycles. The first kappa shape index (κ1) is 16.5. The van der Waals surface area contributed by atoms with Crippen LogP contribution in [0.25, 0.3) is 0 Å². The van der Waals surface area contributed by atoms with Crippen molar-refractivity contribution in [2.45, 2.75) is 46.0 Å². The van der Waals surface area contributed by atoms with Crippen LogP contribution in [-0.2, 0) is 0 Å². The molecule has 1 aromatic rings. The molecule has 1 aliphatic carbocycles. The molecule has 1 heterocycles. The number of anilines is 1. The van der Waals surface area contributed by atoms with Crippen LogP contribution in [0, 0.1) is 0 Å². The first-order chi connectivity index (χ1) is 10.7. The molecule has 0 unspecified atom stereocenters. The fraction of sp³-hybridized carbons (Fsp3) is 0.556. The summed E-state index contributed by atoms with van der Waals surface area (Å²) in [4.78, 5) is 18.6. The highest BCUT2D eigenvalue weighted by molar-refractivity contribution is 5.93. The average molecular weight is 301 g/mol. The minimum Gasteiger partial charge on any atom is -0.372 e. The van der Waals surface area contributed by atoms with E-state index in [4.69, 9.17) is 0 Å². The lowest BCUT2D eigenvalue weighted by atomic mass is 9.97. The summed E-state index contributed by atoms with van der Waals surface area (Å²) in [6.07, 6.45) is 9.97. The van der Waals surface area contributed by atoms with E-state index in [1.807, 2.05) is 12.1 Å². The van der Waals surface area contributed by atoms with Crippen LogP contribution in [0.5, 0.6) is 0 Å². The van der Waals surface area contributed by atoms with Gasteiger partial charge in [-0.1, -0.05) is 11.6 Å². The molecule has 0 atom stereocenters. The second-order valence-electron chi connectivity index (χ2n) is 5.69. The van der Waals surface area contributed by atoms with Crippen LogP contribution < -0.4 is 10.2 Å². The zero-order valence-electron chi connectivity index (χ0n) is 13.8. The van der Waals surface area contributed by atoms with Crippen molar-refractivity contribution in [2.75, 3.05) is 24.5 Å². The van der Waals surface area contributed by atoms with Gasteiger partial charge in [0.1, 0.15) is 5.69 Å². The summed E-state index contributed by atoms with van der Waals surface area (Å²) in [6, 6.07) is 3.83. The lowest BCUT2D eigenvalue weighted by Crippen LogP contribution is -2.27. The topological polar surface area (TPSA) is 45.2 Å². The minimum atomic E-state index is -0.0783. The molecule has 0 fully saturated rings. The molecule has 4 heteroatoms. The number of nitrogens with zero attached hydrogens (tertiary/aromatic N) is 2. The Morgan fingerprint density at radius 3 is 2.82 bits per heavy atom. The predicted molar refractivity (Wildman–Crippen MR) is 91.3 cm³/mol. The summed E-state index contributed by atoms with van der Waals surface area (Å²) in [6.45, 7) is 6.77. The number of nitrogens with one attached hydrogen (secondary N) is 1. The molecule has 1 N–H and O–H groups in total. The number of hydrogen-bond acceptors (Lipinski definition) is 3. The summed E-state index contributed by atoms with van der Waals surface area (Å²) < 4.78 is 0. The van der Waals surface area contributed by atoms with Crippen molar-refractivity contribution in [2.24, 2.45) is 0 Å². The number of pyridine rings is 1. The third-order valence-corrected chi connectivity index (χ3v) is 4.22. The van der Waals surface area contributed by atoms with E-state index in [2.05, 4.69) is 35.1 Å². The van der Waals surface area contributed by atoms with Crippen molar-refractivity contribution in [3.8, 4) is 0 Å². The van der Waals surface area contributed by atoms with E-state index in [0.29, 0.717) is 12.2 Å². The molecule has 1 amide bonds. The third kappa shape index (κ3) is 4.58. The van der Waals surface area contributed by atoms with Gasteiger partial charge in [-0.25, -0.2) is 0 Å². The summed E-state index contributed by atoms with van der Waals surface area (Å²) >= 11 is 0. The van der Waals surface area contributed by atoms with Crippen LogP contribution in [0.1, 0.15) is 56.4 Å². The number of carbonyl (C=O) groups excluding carboxylic acids is 1. The number of hydrogen-bond donors (Lipinski definition) is 1. The lowest BCUT2D eigenvalue weighted by Gasteiger charge is -2.21. The highest BCUT2D eigenvalue weighted by Crippen LogP contribution is 2.19. The number of amides is 1. The van der Waals surface area contributed by atoms with Crippen LogP contribution in [0.2, 0.25) is 0 Å². The maximum atomic E-state index is 12.2. The molecule has 1 aromatic heterocycles. The van der Waals surface area contributed by atoms with E-state index in [9.17, 15) is 4.79 Å². The van der Waals surface area contributed by atoms with Gasteiger partial charge in [-0.2, -0.15) is 0 Å². The van der Waals surface area contributed by atoms with Gasteiger partial charge in [-0.05, 0) is 58.1 Å². The van der Waals surface area contributed by atoms with Crippen molar-refractivity contribution >= 4 is 11.6 Å². The second-order valence-corrected chi connectivity index (χ2v) is 5.69. The van der Waals surface area contributed by atoms with Crippen molar-refractivity contribution in [1.82, 2.24) is 10.3 Å². The van der Waals surface area contributed by atoms with Crippen molar-refractivity contribution < 1.29 is 4.79 Å². The maximum Gasteiger partial charge on any atom is 0.269 e. The fourth-order valence-corrected chi connectivity index (χ4v) is 2.89. The van der Waals surface area contributed by atoms with E-state index in [1.54, 1.807) is 6.20 Å². The van der Waals surface area contributed by atoms with Crippen LogP contribution in [0.15, 0.2) is 30.0 Å². The largest absolute Gasteiger partial charge is 0.372 e. The Kier molecular flexibility index (Phi) is 6.44. The monoisotopic (exact) mass is 301 g/mol. The lowest BCUT2D eigenvalue weighted by molar-refractivity contribution is 0.0949. The van der Waals surface area contributed by atoms with E-state index in [1.165, 1.54) is 31.3 Å². The van der Waals surface area contributed by atoms with Crippen LogP contribution in [0.3, 0.4) is 0 Å². The van der Waals surface area contributed by atoms with E-state index in [-0.39, 0.29) is 5.91 Å². The molecule has 0 radical (unpaired) electrons. The molecular weight excluding hydrogens is 274 g/mol. The molecule has 0 aromatic carbocycles. The van der Waals surface area contributed by atoms with Gasteiger partial charge >= 0.3 is 0 Å². The molecule has 0 spiro atoms. The SMILES string of the molecule is CCN(CC)c1ccnc(C(=O)NCCC2=CCCCC2)c1. The molecule has 2 rings (SSSR count). The Morgan fingerprint density at radius 1 is 1.32 bits per heavy atom. The third-order valence-electron chi connectivity index (χ3n) is 4.22. The van der Waals surface area contributed by atoms with E-state index in [0.717, 1.165) is 25.2 Å². The second kappa shape index (κ2) is 8.57. The Balaban J connectivity index is 1.89. The summed E-state index contributed by atoms with van der Waals surface area (Å²) in [7, 11) is 0. The average Bonchev–Trinajstić information content (AvgIpc) is 2.57. The predicted octanol–water partition coefficient (Wildman–Crippen LogP) is 3.55. The zero-order valence-corrected chi connectivity index (χ0v) is 13.8. The molecule has 0 bridgehead atoms. The van der Waals surface area contributed by atoms with Gasteiger partial charge in [0.25, 0.3) is 5.91 Å². The van der Waals surface area contributed by atoms with Crippen molar-refractivity contribution in [3.63, 3.8) is 0 Å². The van der Waals surface area contributed by atoms with Crippen molar-refractivity contribution in [1.29, 1.82) is 0 Å². The minimum absolute atomic E-state index is 0.0783. The quantitative estimate of drug-likeness (QED) is 0.783. The molecule has 4 nitrogen and oxygen atoms in total. The molecule has 0 aliphatic heterocycles. The number of allylic oxidation sites excluding steroid dienone is 1. The summed E-state index contributed by atoms with van der Waals surface area (Å²) in [5, 5.41) is 2.99. The fourth-order valence-electron chi connectivity index (χ4n) is 2.89. The van der Waals surface area contributed by atoms with Gasteiger partial charge in [0.05, 0.1) is 0 Å². The summed E-state index contributed by atoms with van der Waals surface area (Å²) in [5.41, 5.74) is 3.04. The first-order valence-electron chi connectivity index (χ1n) is 8.41. The van der Waals surface area contributed by atoms with Crippen molar-refractivity contribution in [3.05, 3.63) is 35.7 Å². The van der Waals surface area contributed by atoms with Crippen LogP contribution in [-0.4, -0.2) is 30.5 Å². The van der Waals surface area contributed by atoms with E-state index >= 15 is 0 Å². The zero-order chi connectivity index (χ0) is 15.8. The van der Waals surface area contributed by atoms with Gasteiger partial charge < -0.3 is 10.2 Å². The standard InChI is InChI=1S/C18H27N3O/c1-3-21(4-2)16-11-13-19-17(14-16)18(22)20-12-10-15-8-6-5-7-9-15/h8,11,13-14H,3-7,9-10,12H2,1-2H3,(H,20,22). The normalized spacial score (nSPS) is 14.4. The molecule has 0 saturated heterocycles. The van der Waals surface area contributed by atoms with Crippen LogP contribution >= 0.6 is 0 Å². The number of rotatable bonds is 7. The molecular formula is C18H27N3O. The highest BCUT2D eigenvalue weighted by Gasteiger charge is 2.10. The first-order valence-corrected chi connectivity index (χ1v) is 8.41.